The lowest BCUT2D eigenvalue weighted by Crippen LogP contribution is -2.01. The second kappa shape index (κ2) is 7.12. The highest BCUT2D eigenvalue weighted by molar-refractivity contribution is 9.10. The summed E-state index contributed by atoms with van der Waals surface area (Å²) in [5.41, 5.74) is 0.923. The number of methoxy groups -OCH3 is 1. The van der Waals surface area contributed by atoms with E-state index in [0.29, 0.717) is 12.5 Å². The van der Waals surface area contributed by atoms with Gasteiger partial charge in [0.2, 0.25) is 0 Å². The Morgan fingerprint density at radius 2 is 2.26 bits per heavy atom. The minimum atomic E-state index is 0.460. The van der Waals surface area contributed by atoms with Crippen molar-refractivity contribution in [3.8, 4) is 11.5 Å². The van der Waals surface area contributed by atoms with E-state index in [4.69, 9.17) is 21.1 Å². The van der Waals surface area contributed by atoms with Crippen LogP contribution < -0.4 is 9.47 Å². The van der Waals surface area contributed by atoms with Gasteiger partial charge >= 0.3 is 0 Å². The van der Waals surface area contributed by atoms with Gasteiger partial charge < -0.3 is 9.47 Å². The third-order valence-corrected chi connectivity index (χ3v) is 4.30. The standard InChI is InChI=1S/C13H13BrClNO2S/c1-17-10-2-3-12(11(14)6-10)18-5-4-13-16-9(7-15)8-19-13/h2-3,6,8H,4-5,7H2,1H3. The van der Waals surface area contributed by atoms with E-state index in [9.17, 15) is 0 Å². The Labute approximate surface area is 129 Å². The van der Waals surface area contributed by atoms with Crippen LogP contribution in [-0.2, 0) is 12.3 Å². The van der Waals surface area contributed by atoms with Crippen LogP contribution in [0.5, 0.6) is 11.5 Å². The number of halogens is 2. The average Bonchev–Trinajstić information content (AvgIpc) is 2.88. The SMILES string of the molecule is COc1ccc(OCCc2nc(CCl)cs2)c(Br)c1. The highest BCUT2D eigenvalue weighted by Crippen LogP contribution is 2.29. The first-order chi connectivity index (χ1) is 9.22. The summed E-state index contributed by atoms with van der Waals surface area (Å²) in [4.78, 5) is 4.38. The molecule has 0 atom stereocenters. The Balaban J connectivity index is 1.88. The highest BCUT2D eigenvalue weighted by atomic mass is 79.9. The molecule has 3 nitrogen and oxygen atoms in total. The van der Waals surface area contributed by atoms with E-state index in [1.54, 1.807) is 18.4 Å². The molecule has 0 aliphatic carbocycles. The maximum absolute atomic E-state index is 5.71. The number of benzene rings is 1. The number of hydrogen-bond acceptors (Lipinski definition) is 4. The Morgan fingerprint density at radius 1 is 1.42 bits per heavy atom. The van der Waals surface area contributed by atoms with Gasteiger partial charge in [0.1, 0.15) is 11.5 Å². The number of aromatic nitrogens is 1. The van der Waals surface area contributed by atoms with Gasteiger partial charge in [-0.15, -0.1) is 22.9 Å². The highest BCUT2D eigenvalue weighted by Gasteiger charge is 2.05. The van der Waals surface area contributed by atoms with Crippen LogP contribution in [0.1, 0.15) is 10.7 Å². The van der Waals surface area contributed by atoms with Crippen LogP contribution in [0.15, 0.2) is 28.1 Å². The molecule has 1 aromatic carbocycles. The van der Waals surface area contributed by atoms with E-state index in [1.807, 2.05) is 23.6 Å². The van der Waals surface area contributed by atoms with E-state index in [1.165, 1.54) is 0 Å². The fraction of sp³-hybridized carbons (Fsp3) is 0.308. The molecule has 2 aromatic rings. The molecule has 0 unspecified atom stereocenters. The van der Waals surface area contributed by atoms with Crippen molar-refractivity contribution in [2.75, 3.05) is 13.7 Å². The molecule has 2 rings (SSSR count). The summed E-state index contributed by atoms with van der Waals surface area (Å²) in [5, 5.41) is 3.02. The van der Waals surface area contributed by atoms with Gasteiger partial charge in [0.05, 0.1) is 34.8 Å². The second-order valence-corrected chi connectivity index (χ2v) is 5.83. The van der Waals surface area contributed by atoms with E-state index in [-0.39, 0.29) is 0 Å². The van der Waals surface area contributed by atoms with Crippen LogP contribution in [-0.4, -0.2) is 18.7 Å². The first-order valence-corrected chi connectivity index (χ1v) is 7.89. The first-order valence-electron chi connectivity index (χ1n) is 5.68. The van der Waals surface area contributed by atoms with E-state index < -0.39 is 0 Å². The van der Waals surface area contributed by atoms with Crippen LogP contribution in [0.3, 0.4) is 0 Å². The summed E-state index contributed by atoms with van der Waals surface area (Å²) in [6, 6.07) is 5.63. The van der Waals surface area contributed by atoms with Gasteiger partial charge in [-0.2, -0.15) is 0 Å². The molecule has 1 heterocycles. The van der Waals surface area contributed by atoms with Gasteiger partial charge in [-0.1, -0.05) is 0 Å². The van der Waals surface area contributed by atoms with Crippen molar-refractivity contribution in [1.82, 2.24) is 4.98 Å². The molecular weight excluding hydrogens is 350 g/mol. The van der Waals surface area contributed by atoms with Crippen molar-refractivity contribution < 1.29 is 9.47 Å². The predicted molar refractivity (Wildman–Crippen MR) is 81.6 cm³/mol. The Kier molecular flexibility index (Phi) is 5.48. The van der Waals surface area contributed by atoms with E-state index in [2.05, 4.69) is 20.9 Å². The fourth-order valence-electron chi connectivity index (χ4n) is 1.50. The molecule has 0 aliphatic rings. The number of alkyl halides is 1. The predicted octanol–water partition coefficient (Wildman–Crippen LogP) is 4.27. The molecule has 0 amide bonds. The van der Waals surface area contributed by atoms with Gasteiger partial charge in [-0.3, -0.25) is 0 Å². The molecule has 0 bridgehead atoms. The maximum atomic E-state index is 5.71. The summed E-state index contributed by atoms with van der Waals surface area (Å²) in [5.74, 6) is 2.06. The van der Waals surface area contributed by atoms with Crippen molar-refractivity contribution in [3.63, 3.8) is 0 Å². The number of hydrogen-bond donors (Lipinski definition) is 0. The van der Waals surface area contributed by atoms with Gasteiger partial charge in [0, 0.05) is 11.8 Å². The molecule has 102 valence electrons. The number of rotatable bonds is 6. The molecule has 0 saturated carbocycles. The molecule has 0 radical (unpaired) electrons. The van der Waals surface area contributed by atoms with E-state index in [0.717, 1.165) is 33.1 Å². The molecule has 6 heteroatoms. The Hall–Kier alpha value is -0.780. The van der Waals surface area contributed by atoms with E-state index >= 15 is 0 Å². The average molecular weight is 363 g/mol. The normalized spacial score (nSPS) is 10.5. The lowest BCUT2D eigenvalue weighted by atomic mass is 10.3. The molecule has 19 heavy (non-hydrogen) atoms. The quantitative estimate of drug-likeness (QED) is 0.719. The third-order valence-electron chi connectivity index (χ3n) is 2.45. The van der Waals surface area contributed by atoms with Gasteiger partial charge in [-0.25, -0.2) is 4.98 Å². The Morgan fingerprint density at radius 3 is 2.89 bits per heavy atom. The molecular formula is C13H13BrClNO2S. The zero-order valence-corrected chi connectivity index (χ0v) is 13.5. The molecule has 0 spiro atoms. The summed E-state index contributed by atoms with van der Waals surface area (Å²) in [6.07, 6.45) is 0.778. The minimum Gasteiger partial charge on any atom is -0.497 e. The molecule has 0 aliphatic heterocycles. The smallest absolute Gasteiger partial charge is 0.133 e. The summed E-state index contributed by atoms with van der Waals surface area (Å²) >= 11 is 10.8. The zero-order chi connectivity index (χ0) is 13.7. The summed E-state index contributed by atoms with van der Waals surface area (Å²) in [7, 11) is 1.64. The van der Waals surface area contributed by atoms with Crippen molar-refractivity contribution in [1.29, 1.82) is 0 Å². The lowest BCUT2D eigenvalue weighted by Gasteiger charge is -2.08. The topological polar surface area (TPSA) is 31.4 Å². The van der Waals surface area contributed by atoms with Gasteiger partial charge in [0.25, 0.3) is 0 Å². The summed E-state index contributed by atoms with van der Waals surface area (Å²) in [6.45, 7) is 0.583. The summed E-state index contributed by atoms with van der Waals surface area (Å²) < 4.78 is 11.7. The van der Waals surface area contributed by atoms with Crippen LogP contribution in [0.2, 0.25) is 0 Å². The molecule has 0 fully saturated rings. The molecule has 1 aromatic heterocycles. The molecule has 0 saturated heterocycles. The van der Waals surface area contributed by atoms with Crippen LogP contribution >= 0.6 is 38.9 Å². The minimum absolute atomic E-state index is 0.460. The van der Waals surface area contributed by atoms with Crippen molar-refractivity contribution in [2.24, 2.45) is 0 Å². The van der Waals surface area contributed by atoms with Gasteiger partial charge in [0.15, 0.2) is 0 Å². The van der Waals surface area contributed by atoms with Crippen LogP contribution in [0, 0.1) is 0 Å². The number of thiazole rings is 1. The van der Waals surface area contributed by atoms with Crippen LogP contribution in [0.4, 0.5) is 0 Å². The monoisotopic (exact) mass is 361 g/mol. The zero-order valence-electron chi connectivity index (χ0n) is 10.4. The second-order valence-electron chi connectivity index (χ2n) is 3.76. The van der Waals surface area contributed by atoms with Crippen LogP contribution in [0.25, 0.3) is 0 Å². The Bertz CT molecular complexity index is 547. The lowest BCUT2D eigenvalue weighted by molar-refractivity contribution is 0.318. The first kappa shape index (κ1) is 14.6. The molecule has 0 N–H and O–H groups in total. The van der Waals surface area contributed by atoms with Gasteiger partial charge in [-0.05, 0) is 34.1 Å². The van der Waals surface area contributed by atoms with Crippen molar-refractivity contribution in [2.45, 2.75) is 12.3 Å². The maximum Gasteiger partial charge on any atom is 0.133 e. The number of ether oxygens (including phenoxy) is 2. The number of nitrogens with zero attached hydrogens (tertiary/aromatic N) is 1. The third kappa shape index (κ3) is 4.09. The van der Waals surface area contributed by atoms with Crippen molar-refractivity contribution >= 4 is 38.9 Å². The van der Waals surface area contributed by atoms with Crippen molar-refractivity contribution in [3.05, 3.63) is 38.8 Å². The fourth-order valence-corrected chi connectivity index (χ4v) is 2.98. The largest absolute Gasteiger partial charge is 0.497 e.